The van der Waals surface area contributed by atoms with E-state index < -0.39 is 0 Å². The number of ether oxygens (including phenoxy) is 1. The maximum Gasteiger partial charge on any atom is 0.262 e. The normalized spacial score (nSPS) is 10.3. The van der Waals surface area contributed by atoms with Crippen molar-refractivity contribution < 1.29 is 9.53 Å². The monoisotopic (exact) mass is 331 g/mol. The fourth-order valence-corrected chi connectivity index (χ4v) is 2.54. The van der Waals surface area contributed by atoms with Gasteiger partial charge in [-0.3, -0.25) is 4.79 Å². The zero-order valence-corrected chi connectivity index (χ0v) is 14.5. The molecule has 25 heavy (non-hydrogen) atoms. The molecule has 0 radical (unpaired) electrons. The third kappa shape index (κ3) is 4.48. The molecule has 0 aliphatic carbocycles. The second kappa shape index (κ2) is 7.67. The van der Waals surface area contributed by atoms with Crippen molar-refractivity contribution in [3.63, 3.8) is 0 Å². The summed E-state index contributed by atoms with van der Waals surface area (Å²) in [6.45, 7) is 4.05. The predicted molar refractivity (Wildman–Crippen MR) is 102 cm³/mol. The van der Waals surface area contributed by atoms with Crippen LogP contribution in [0.25, 0.3) is 11.1 Å². The van der Waals surface area contributed by atoms with Crippen LogP contribution in [0.2, 0.25) is 0 Å². The summed E-state index contributed by atoms with van der Waals surface area (Å²) >= 11 is 0. The minimum Gasteiger partial charge on any atom is -0.484 e. The highest BCUT2D eigenvalue weighted by molar-refractivity contribution is 5.92. The first-order valence-electron chi connectivity index (χ1n) is 8.27. The summed E-state index contributed by atoms with van der Waals surface area (Å²) < 4.78 is 5.57. The average molecular weight is 331 g/mol. The molecule has 0 aliphatic heterocycles. The molecule has 0 atom stereocenters. The molecule has 3 heteroatoms. The van der Waals surface area contributed by atoms with Gasteiger partial charge in [0.05, 0.1) is 0 Å². The van der Waals surface area contributed by atoms with Crippen molar-refractivity contribution in [1.29, 1.82) is 0 Å². The molecule has 0 aromatic heterocycles. The molecule has 3 rings (SSSR count). The Kier molecular flexibility index (Phi) is 5.14. The number of rotatable bonds is 5. The lowest BCUT2D eigenvalue weighted by atomic mass is 10.1. The molecule has 0 saturated carbocycles. The molecular formula is C22H21NO2. The van der Waals surface area contributed by atoms with Crippen LogP contribution < -0.4 is 10.1 Å². The van der Waals surface area contributed by atoms with E-state index in [9.17, 15) is 4.79 Å². The van der Waals surface area contributed by atoms with Crippen molar-refractivity contribution >= 4 is 11.6 Å². The van der Waals surface area contributed by atoms with Crippen molar-refractivity contribution in [1.82, 2.24) is 0 Å². The molecule has 3 aromatic rings. The van der Waals surface area contributed by atoms with Crippen LogP contribution in [0.3, 0.4) is 0 Å². The fourth-order valence-electron chi connectivity index (χ4n) is 2.54. The first kappa shape index (κ1) is 16.8. The summed E-state index contributed by atoms with van der Waals surface area (Å²) in [5.74, 6) is 0.505. The van der Waals surface area contributed by atoms with E-state index in [0.29, 0.717) is 5.75 Å². The standard InChI is InChI=1S/C22H21NO2/c1-16-8-11-20(14-17(16)2)23-22(24)15-25-21-12-9-19(10-13-21)18-6-4-3-5-7-18/h3-14H,15H2,1-2H3,(H,23,24). The molecule has 0 bridgehead atoms. The van der Waals surface area contributed by atoms with Gasteiger partial charge in [-0.15, -0.1) is 0 Å². The summed E-state index contributed by atoms with van der Waals surface area (Å²) in [7, 11) is 0. The van der Waals surface area contributed by atoms with E-state index in [2.05, 4.69) is 17.4 Å². The summed E-state index contributed by atoms with van der Waals surface area (Å²) in [6.07, 6.45) is 0. The highest BCUT2D eigenvalue weighted by Crippen LogP contribution is 2.22. The number of amides is 1. The van der Waals surface area contributed by atoms with Gasteiger partial charge in [0, 0.05) is 5.69 Å². The summed E-state index contributed by atoms with van der Waals surface area (Å²) in [5, 5.41) is 2.85. The van der Waals surface area contributed by atoms with Gasteiger partial charge >= 0.3 is 0 Å². The van der Waals surface area contributed by atoms with Gasteiger partial charge in [0.15, 0.2) is 6.61 Å². The second-order valence-electron chi connectivity index (χ2n) is 6.03. The summed E-state index contributed by atoms with van der Waals surface area (Å²) in [5.41, 5.74) is 5.41. The van der Waals surface area contributed by atoms with Gasteiger partial charge in [-0.2, -0.15) is 0 Å². The van der Waals surface area contributed by atoms with Gasteiger partial charge in [-0.25, -0.2) is 0 Å². The lowest BCUT2D eigenvalue weighted by molar-refractivity contribution is -0.118. The molecule has 1 amide bonds. The van der Waals surface area contributed by atoms with E-state index in [1.807, 2.05) is 74.5 Å². The first-order valence-corrected chi connectivity index (χ1v) is 8.27. The van der Waals surface area contributed by atoms with Crippen LogP contribution in [0.1, 0.15) is 11.1 Å². The summed E-state index contributed by atoms with van der Waals surface area (Å²) in [4.78, 5) is 12.0. The number of benzene rings is 3. The number of hydrogen-bond donors (Lipinski definition) is 1. The summed E-state index contributed by atoms with van der Waals surface area (Å²) in [6, 6.07) is 23.7. The Labute approximate surface area is 148 Å². The first-order chi connectivity index (χ1) is 12.1. The second-order valence-corrected chi connectivity index (χ2v) is 6.03. The molecule has 1 N–H and O–H groups in total. The third-order valence-electron chi connectivity index (χ3n) is 4.12. The highest BCUT2D eigenvalue weighted by atomic mass is 16.5. The molecular weight excluding hydrogens is 310 g/mol. The molecule has 0 heterocycles. The predicted octanol–water partition coefficient (Wildman–Crippen LogP) is 4.99. The van der Waals surface area contributed by atoms with E-state index in [1.54, 1.807) is 0 Å². The number of carbonyl (C=O) groups is 1. The Morgan fingerprint density at radius 1 is 0.840 bits per heavy atom. The maximum atomic E-state index is 12.0. The Hall–Kier alpha value is -3.07. The van der Waals surface area contributed by atoms with Crippen LogP contribution in [-0.2, 0) is 4.79 Å². The van der Waals surface area contributed by atoms with Crippen LogP contribution in [0.5, 0.6) is 5.75 Å². The average Bonchev–Trinajstić information content (AvgIpc) is 2.64. The number of anilines is 1. The lowest BCUT2D eigenvalue weighted by Gasteiger charge is -2.09. The Morgan fingerprint density at radius 3 is 2.20 bits per heavy atom. The molecule has 0 unspecified atom stereocenters. The van der Waals surface area contributed by atoms with E-state index in [0.717, 1.165) is 22.4 Å². The van der Waals surface area contributed by atoms with E-state index in [4.69, 9.17) is 4.74 Å². The van der Waals surface area contributed by atoms with Crippen molar-refractivity contribution in [2.24, 2.45) is 0 Å². The van der Waals surface area contributed by atoms with Crippen molar-refractivity contribution in [3.05, 3.63) is 83.9 Å². The van der Waals surface area contributed by atoms with E-state index in [1.165, 1.54) is 5.56 Å². The maximum absolute atomic E-state index is 12.0. The lowest BCUT2D eigenvalue weighted by Crippen LogP contribution is -2.20. The van der Waals surface area contributed by atoms with Crippen molar-refractivity contribution in [3.8, 4) is 16.9 Å². The van der Waals surface area contributed by atoms with Crippen LogP contribution in [0.15, 0.2) is 72.8 Å². The highest BCUT2D eigenvalue weighted by Gasteiger charge is 2.05. The molecule has 0 saturated heterocycles. The smallest absolute Gasteiger partial charge is 0.262 e. The van der Waals surface area contributed by atoms with Crippen LogP contribution in [0, 0.1) is 13.8 Å². The quantitative estimate of drug-likeness (QED) is 0.715. The third-order valence-corrected chi connectivity index (χ3v) is 4.12. The molecule has 3 aromatic carbocycles. The molecule has 0 spiro atoms. The van der Waals surface area contributed by atoms with Crippen molar-refractivity contribution in [2.45, 2.75) is 13.8 Å². The Bertz CT molecular complexity index is 855. The Balaban J connectivity index is 1.56. The zero-order chi connectivity index (χ0) is 17.6. The van der Waals surface area contributed by atoms with Gasteiger partial charge in [-0.05, 0) is 60.4 Å². The topological polar surface area (TPSA) is 38.3 Å². The van der Waals surface area contributed by atoms with Gasteiger partial charge < -0.3 is 10.1 Å². The largest absolute Gasteiger partial charge is 0.484 e. The number of nitrogens with one attached hydrogen (secondary N) is 1. The van der Waals surface area contributed by atoms with Crippen LogP contribution >= 0.6 is 0 Å². The van der Waals surface area contributed by atoms with E-state index >= 15 is 0 Å². The van der Waals surface area contributed by atoms with Crippen LogP contribution in [-0.4, -0.2) is 12.5 Å². The van der Waals surface area contributed by atoms with E-state index in [-0.39, 0.29) is 12.5 Å². The molecule has 126 valence electrons. The molecule has 0 aliphatic rings. The van der Waals surface area contributed by atoms with Gasteiger partial charge in [-0.1, -0.05) is 48.5 Å². The zero-order valence-electron chi connectivity index (χ0n) is 14.5. The minimum absolute atomic E-state index is 0.0163. The molecule has 3 nitrogen and oxygen atoms in total. The van der Waals surface area contributed by atoms with Crippen LogP contribution in [0.4, 0.5) is 5.69 Å². The van der Waals surface area contributed by atoms with Crippen molar-refractivity contribution in [2.75, 3.05) is 11.9 Å². The minimum atomic E-state index is -0.171. The SMILES string of the molecule is Cc1ccc(NC(=O)COc2ccc(-c3ccccc3)cc2)cc1C. The number of hydrogen-bond acceptors (Lipinski definition) is 2. The fraction of sp³-hybridized carbons (Fsp3) is 0.136. The van der Waals surface area contributed by atoms with Gasteiger partial charge in [0.1, 0.15) is 5.75 Å². The van der Waals surface area contributed by atoms with Gasteiger partial charge in [0.25, 0.3) is 5.91 Å². The number of carbonyl (C=O) groups excluding carboxylic acids is 1. The number of aryl methyl sites for hydroxylation is 2. The molecule has 0 fully saturated rings. The Morgan fingerprint density at radius 2 is 1.52 bits per heavy atom. The van der Waals surface area contributed by atoms with Gasteiger partial charge in [0.2, 0.25) is 0 Å².